The van der Waals surface area contributed by atoms with Crippen molar-refractivity contribution in [2.75, 3.05) is 12.4 Å². The fourth-order valence-corrected chi connectivity index (χ4v) is 3.68. The highest BCUT2D eigenvalue weighted by atomic mass is 35.5. The molecule has 30 heavy (non-hydrogen) atoms. The van der Waals surface area contributed by atoms with Crippen molar-refractivity contribution in [3.63, 3.8) is 0 Å². The van der Waals surface area contributed by atoms with Crippen LogP contribution in [0.1, 0.15) is 16.1 Å². The molecular weight excluding hydrogens is 403 g/mol. The second-order valence-electron chi connectivity index (χ2n) is 6.74. The molecule has 0 aliphatic rings. The fourth-order valence-electron chi connectivity index (χ4n) is 3.51. The summed E-state index contributed by atoms with van der Waals surface area (Å²) in [4.78, 5) is 17.9. The number of hydrogen-bond acceptors (Lipinski definition) is 3. The van der Waals surface area contributed by atoms with E-state index in [1.54, 1.807) is 61.5 Å². The number of halogens is 2. The van der Waals surface area contributed by atoms with Crippen molar-refractivity contribution in [2.24, 2.45) is 0 Å². The highest BCUT2D eigenvalue weighted by Gasteiger charge is 2.23. The minimum Gasteiger partial charge on any atom is -0.495 e. The molecular formula is C24H18ClFN2O2. The van der Waals surface area contributed by atoms with Crippen molar-refractivity contribution in [1.82, 2.24) is 4.98 Å². The summed E-state index contributed by atoms with van der Waals surface area (Å²) in [7, 11) is 1.53. The number of benzene rings is 3. The molecule has 3 aromatic carbocycles. The van der Waals surface area contributed by atoms with Gasteiger partial charge in [-0.2, -0.15) is 0 Å². The molecule has 1 aromatic heterocycles. The van der Waals surface area contributed by atoms with E-state index in [4.69, 9.17) is 16.3 Å². The number of fused-ring (bicyclic) bond motifs is 1. The molecule has 6 heteroatoms. The number of hydrogen-bond donors (Lipinski definition) is 1. The highest BCUT2D eigenvalue weighted by Crippen LogP contribution is 2.36. The standard InChI is InChI=1S/C24H18ClFN2O2/c1-14-22(24(29)28-20-9-5-6-10-21(20)30-2)23(16-7-3-4-8-18(16)26)17-13-15(25)11-12-19(17)27-14/h3-13H,1-2H3,(H,28,29). The van der Waals surface area contributed by atoms with Gasteiger partial charge in [0.2, 0.25) is 0 Å². The van der Waals surface area contributed by atoms with E-state index in [2.05, 4.69) is 10.3 Å². The normalized spacial score (nSPS) is 10.8. The van der Waals surface area contributed by atoms with Gasteiger partial charge in [0.05, 0.1) is 29.6 Å². The number of ether oxygens (including phenoxy) is 1. The van der Waals surface area contributed by atoms with Gasteiger partial charge in [-0.1, -0.05) is 41.9 Å². The molecule has 0 aliphatic heterocycles. The van der Waals surface area contributed by atoms with E-state index >= 15 is 0 Å². The summed E-state index contributed by atoms with van der Waals surface area (Å²) in [5.74, 6) is -0.326. The Labute approximate surface area is 178 Å². The number of anilines is 1. The maximum atomic E-state index is 14.8. The van der Waals surface area contributed by atoms with Crippen LogP contribution in [-0.2, 0) is 0 Å². The van der Waals surface area contributed by atoms with Crippen LogP contribution < -0.4 is 10.1 Å². The quantitative estimate of drug-likeness (QED) is 0.423. The van der Waals surface area contributed by atoms with Crippen LogP contribution in [0.25, 0.3) is 22.0 Å². The van der Waals surface area contributed by atoms with Crippen molar-refractivity contribution in [3.8, 4) is 16.9 Å². The Kier molecular flexibility index (Phi) is 5.38. The first kappa shape index (κ1) is 19.9. The van der Waals surface area contributed by atoms with E-state index in [9.17, 15) is 9.18 Å². The van der Waals surface area contributed by atoms with Crippen molar-refractivity contribution in [2.45, 2.75) is 6.92 Å². The van der Waals surface area contributed by atoms with Crippen LogP contribution in [0.5, 0.6) is 5.75 Å². The lowest BCUT2D eigenvalue weighted by Crippen LogP contribution is -2.17. The van der Waals surface area contributed by atoms with Gasteiger partial charge >= 0.3 is 0 Å². The summed E-state index contributed by atoms with van der Waals surface area (Å²) in [6.45, 7) is 1.73. The molecule has 0 spiro atoms. The molecule has 1 heterocycles. The number of aryl methyl sites for hydroxylation is 1. The summed E-state index contributed by atoms with van der Waals surface area (Å²) in [6.07, 6.45) is 0. The molecule has 0 fully saturated rings. The number of rotatable bonds is 4. The minimum absolute atomic E-state index is 0.278. The first-order chi connectivity index (χ1) is 14.5. The molecule has 4 rings (SSSR count). The lowest BCUT2D eigenvalue weighted by molar-refractivity contribution is 0.102. The third-order valence-corrected chi connectivity index (χ3v) is 5.09. The van der Waals surface area contributed by atoms with Gasteiger partial charge in [0.15, 0.2) is 0 Å². The van der Waals surface area contributed by atoms with Crippen LogP contribution in [0.2, 0.25) is 5.02 Å². The average Bonchev–Trinajstić information content (AvgIpc) is 2.74. The summed E-state index contributed by atoms with van der Waals surface area (Å²) in [5, 5.41) is 3.94. The van der Waals surface area contributed by atoms with E-state index in [-0.39, 0.29) is 5.56 Å². The van der Waals surface area contributed by atoms with Gasteiger partial charge in [0.25, 0.3) is 5.91 Å². The maximum absolute atomic E-state index is 14.8. The molecule has 1 amide bonds. The molecule has 0 saturated heterocycles. The predicted molar refractivity (Wildman–Crippen MR) is 118 cm³/mol. The van der Waals surface area contributed by atoms with E-state index in [0.717, 1.165) is 0 Å². The largest absolute Gasteiger partial charge is 0.495 e. The van der Waals surface area contributed by atoms with Crippen LogP contribution in [0.15, 0.2) is 66.7 Å². The summed E-state index contributed by atoms with van der Waals surface area (Å²) < 4.78 is 20.1. The van der Waals surface area contributed by atoms with Gasteiger partial charge in [-0.25, -0.2) is 4.39 Å². The fraction of sp³-hybridized carbons (Fsp3) is 0.0833. The number of nitrogens with zero attached hydrogens (tertiary/aromatic N) is 1. The van der Waals surface area contributed by atoms with Gasteiger partial charge < -0.3 is 10.1 Å². The molecule has 150 valence electrons. The second kappa shape index (κ2) is 8.13. The molecule has 0 radical (unpaired) electrons. The SMILES string of the molecule is COc1ccccc1NC(=O)c1c(C)nc2ccc(Cl)cc2c1-c1ccccc1F. The lowest BCUT2D eigenvalue weighted by Gasteiger charge is -2.17. The number of para-hydroxylation sites is 2. The number of amides is 1. The summed E-state index contributed by atoms with van der Waals surface area (Å²) in [6, 6.07) is 18.6. The smallest absolute Gasteiger partial charge is 0.258 e. The number of aromatic nitrogens is 1. The lowest BCUT2D eigenvalue weighted by atomic mass is 9.93. The van der Waals surface area contributed by atoms with Crippen molar-refractivity contribution in [3.05, 3.63) is 88.8 Å². The van der Waals surface area contributed by atoms with Gasteiger partial charge in [-0.3, -0.25) is 9.78 Å². The van der Waals surface area contributed by atoms with Crippen molar-refractivity contribution >= 4 is 34.1 Å². The zero-order chi connectivity index (χ0) is 21.3. The Bertz CT molecular complexity index is 1270. The molecule has 1 N–H and O–H groups in total. The van der Waals surface area contributed by atoms with E-state index < -0.39 is 11.7 Å². The first-order valence-electron chi connectivity index (χ1n) is 9.28. The summed E-state index contributed by atoms with van der Waals surface area (Å²) >= 11 is 6.22. The van der Waals surface area contributed by atoms with Gasteiger partial charge in [-0.15, -0.1) is 0 Å². The molecule has 0 saturated carbocycles. The number of methoxy groups -OCH3 is 1. The first-order valence-corrected chi connectivity index (χ1v) is 9.66. The molecule has 0 unspecified atom stereocenters. The van der Waals surface area contributed by atoms with Crippen molar-refractivity contribution < 1.29 is 13.9 Å². The van der Waals surface area contributed by atoms with E-state index in [0.29, 0.717) is 44.2 Å². The number of pyridine rings is 1. The predicted octanol–water partition coefficient (Wildman–Crippen LogP) is 6.26. The highest BCUT2D eigenvalue weighted by molar-refractivity contribution is 6.31. The zero-order valence-corrected chi connectivity index (χ0v) is 17.1. The van der Waals surface area contributed by atoms with Crippen LogP contribution in [0.3, 0.4) is 0 Å². The molecule has 0 bridgehead atoms. The number of nitrogens with one attached hydrogen (secondary N) is 1. The summed E-state index contributed by atoms with van der Waals surface area (Å²) in [5.41, 5.74) is 2.65. The van der Waals surface area contributed by atoms with Crippen molar-refractivity contribution in [1.29, 1.82) is 0 Å². The molecule has 4 aromatic rings. The Balaban J connectivity index is 1.97. The molecule has 0 aliphatic carbocycles. The Morgan fingerprint density at radius 1 is 1.07 bits per heavy atom. The average molecular weight is 421 g/mol. The Morgan fingerprint density at radius 3 is 2.57 bits per heavy atom. The minimum atomic E-state index is -0.435. The van der Waals surface area contributed by atoms with Crippen LogP contribution >= 0.6 is 11.6 Å². The number of carbonyl (C=O) groups is 1. The Hall–Kier alpha value is -3.44. The van der Waals surface area contributed by atoms with Gasteiger partial charge in [0.1, 0.15) is 11.6 Å². The van der Waals surface area contributed by atoms with Gasteiger partial charge in [0, 0.05) is 21.5 Å². The zero-order valence-electron chi connectivity index (χ0n) is 16.4. The second-order valence-corrected chi connectivity index (χ2v) is 7.18. The topological polar surface area (TPSA) is 51.2 Å². The molecule has 4 nitrogen and oxygen atoms in total. The van der Waals surface area contributed by atoms with E-state index in [1.165, 1.54) is 13.2 Å². The van der Waals surface area contributed by atoms with Crippen LogP contribution in [-0.4, -0.2) is 18.0 Å². The van der Waals surface area contributed by atoms with Crippen LogP contribution in [0, 0.1) is 12.7 Å². The van der Waals surface area contributed by atoms with Gasteiger partial charge in [-0.05, 0) is 43.3 Å². The third-order valence-electron chi connectivity index (χ3n) is 4.85. The maximum Gasteiger partial charge on any atom is 0.258 e. The van der Waals surface area contributed by atoms with Crippen LogP contribution in [0.4, 0.5) is 10.1 Å². The molecule has 0 atom stereocenters. The third kappa shape index (κ3) is 3.60. The van der Waals surface area contributed by atoms with E-state index in [1.807, 2.05) is 6.07 Å². The monoisotopic (exact) mass is 420 g/mol. The Morgan fingerprint density at radius 2 is 1.80 bits per heavy atom. The number of carbonyl (C=O) groups excluding carboxylic acids is 1.